The van der Waals surface area contributed by atoms with E-state index in [1.54, 1.807) is 6.92 Å². The largest absolute Gasteiger partial charge is 0.389 e. The lowest BCUT2D eigenvalue weighted by atomic mass is 10.1. The normalized spacial score (nSPS) is 35.0. The minimum absolute atomic E-state index is 0.375. The number of hydroxylamine groups is 1. The summed E-state index contributed by atoms with van der Waals surface area (Å²) in [5.74, 6) is 0.375. The molecule has 0 amide bonds. The first-order valence-corrected chi connectivity index (χ1v) is 2.74. The molecule has 4 nitrogen and oxygen atoms in total. The third kappa shape index (κ3) is 0.863. The second kappa shape index (κ2) is 1.62. The zero-order chi connectivity index (χ0) is 7.07. The molecule has 0 bridgehead atoms. The molecular weight excluding hydrogens is 118 g/mol. The van der Waals surface area contributed by atoms with Gasteiger partial charge in [0.05, 0.1) is 0 Å². The van der Waals surface area contributed by atoms with E-state index in [2.05, 4.69) is 5.48 Å². The van der Waals surface area contributed by atoms with Crippen molar-refractivity contribution < 1.29 is 4.84 Å². The molecule has 9 heavy (non-hydrogen) atoms. The van der Waals surface area contributed by atoms with E-state index < -0.39 is 5.66 Å². The Bertz CT molecular complexity index is 162. The van der Waals surface area contributed by atoms with Gasteiger partial charge in [0.15, 0.2) is 0 Å². The van der Waals surface area contributed by atoms with Crippen molar-refractivity contribution in [1.82, 2.24) is 5.48 Å². The summed E-state index contributed by atoms with van der Waals surface area (Å²) >= 11 is 0. The van der Waals surface area contributed by atoms with E-state index in [4.69, 9.17) is 16.3 Å². The zero-order valence-electron chi connectivity index (χ0n) is 5.56. The van der Waals surface area contributed by atoms with Gasteiger partial charge in [0.25, 0.3) is 0 Å². The van der Waals surface area contributed by atoms with Crippen LogP contribution in [0, 0.1) is 0 Å². The maximum atomic E-state index is 5.64. The molecule has 4 heteroatoms. The first-order chi connectivity index (χ1) is 4.04. The van der Waals surface area contributed by atoms with Crippen molar-refractivity contribution >= 4 is 0 Å². The summed E-state index contributed by atoms with van der Waals surface area (Å²) in [6.45, 7) is 3.62. The summed E-state index contributed by atoms with van der Waals surface area (Å²) in [6.07, 6.45) is 0. The Kier molecular flexibility index (Phi) is 1.15. The van der Waals surface area contributed by atoms with E-state index in [-0.39, 0.29) is 0 Å². The number of hydrogen-bond acceptors (Lipinski definition) is 4. The summed E-state index contributed by atoms with van der Waals surface area (Å²) in [6, 6.07) is 0. The lowest BCUT2D eigenvalue weighted by molar-refractivity contribution is 0.0849. The predicted molar refractivity (Wildman–Crippen MR) is 33.7 cm³/mol. The van der Waals surface area contributed by atoms with E-state index in [0.29, 0.717) is 5.88 Å². The first-order valence-electron chi connectivity index (χ1n) is 2.74. The number of hydrogen-bond donors (Lipinski definition) is 3. The topological polar surface area (TPSA) is 73.3 Å². The average molecular weight is 129 g/mol. The maximum Gasteiger partial charge on any atom is 0.211 e. The second-order valence-electron chi connectivity index (χ2n) is 2.40. The monoisotopic (exact) mass is 129 g/mol. The van der Waals surface area contributed by atoms with E-state index in [9.17, 15) is 0 Å². The van der Waals surface area contributed by atoms with Crippen molar-refractivity contribution in [2.75, 3.05) is 0 Å². The molecule has 0 spiro atoms. The van der Waals surface area contributed by atoms with E-state index >= 15 is 0 Å². The Morgan fingerprint density at radius 2 is 2.22 bits per heavy atom. The van der Waals surface area contributed by atoms with E-state index in [0.717, 1.165) is 5.57 Å². The molecule has 1 rings (SSSR count). The number of rotatable bonds is 0. The highest BCUT2D eigenvalue weighted by Crippen LogP contribution is 2.17. The Balaban J connectivity index is 2.88. The van der Waals surface area contributed by atoms with Gasteiger partial charge in [-0.3, -0.25) is 0 Å². The minimum atomic E-state index is -0.593. The summed E-state index contributed by atoms with van der Waals surface area (Å²) in [7, 11) is 0. The van der Waals surface area contributed by atoms with Gasteiger partial charge < -0.3 is 16.3 Å². The molecule has 0 radical (unpaired) electrons. The highest BCUT2D eigenvalue weighted by atomic mass is 16.7. The van der Waals surface area contributed by atoms with Crippen molar-refractivity contribution in [3.63, 3.8) is 0 Å². The summed E-state index contributed by atoms with van der Waals surface area (Å²) in [5.41, 5.74) is 13.8. The Labute approximate surface area is 53.8 Å². The van der Waals surface area contributed by atoms with Crippen LogP contribution in [-0.4, -0.2) is 5.66 Å². The van der Waals surface area contributed by atoms with Crippen LogP contribution in [-0.2, 0) is 4.84 Å². The van der Waals surface area contributed by atoms with Gasteiger partial charge in [-0.25, -0.2) is 0 Å². The fourth-order valence-corrected chi connectivity index (χ4v) is 0.570. The Morgan fingerprint density at radius 3 is 2.33 bits per heavy atom. The van der Waals surface area contributed by atoms with Crippen molar-refractivity contribution in [3.8, 4) is 0 Å². The van der Waals surface area contributed by atoms with Crippen LogP contribution in [0.2, 0.25) is 0 Å². The second-order valence-corrected chi connectivity index (χ2v) is 2.40. The molecule has 0 aromatic carbocycles. The molecule has 0 aromatic heterocycles. The van der Waals surface area contributed by atoms with Gasteiger partial charge in [0.1, 0.15) is 5.66 Å². The molecule has 1 unspecified atom stereocenters. The average Bonchev–Trinajstić information content (AvgIpc) is 1.97. The molecule has 0 fully saturated rings. The molecule has 1 aliphatic rings. The molecule has 0 saturated carbocycles. The maximum absolute atomic E-state index is 5.64. The Hall–Kier alpha value is -0.740. The van der Waals surface area contributed by atoms with Gasteiger partial charge in [-0.1, -0.05) is 0 Å². The van der Waals surface area contributed by atoms with Crippen LogP contribution in [0.4, 0.5) is 0 Å². The van der Waals surface area contributed by atoms with Crippen molar-refractivity contribution in [1.29, 1.82) is 0 Å². The molecule has 0 aliphatic carbocycles. The highest BCUT2D eigenvalue weighted by molar-refractivity contribution is 5.18. The summed E-state index contributed by atoms with van der Waals surface area (Å²) < 4.78 is 0. The van der Waals surface area contributed by atoms with Crippen LogP contribution in [0.1, 0.15) is 13.8 Å². The van der Waals surface area contributed by atoms with Gasteiger partial charge in [-0.15, -0.1) is 5.48 Å². The molecule has 1 heterocycles. The van der Waals surface area contributed by atoms with Gasteiger partial charge in [-0.05, 0) is 13.8 Å². The standard InChI is InChI=1S/C5H11N3O/c1-3-4(6)9-8-5(3,2)7/h8H,6-7H2,1-2H3. The lowest BCUT2D eigenvalue weighted by Gasteiger charge is -2.16. The van der Waals surface area contributed by atoms with Gasteiger partial charge in [-0.2, -0.15) is 0 Å². The van der Waals surface area contributed by atoms with Crippen LogP contribution in [0.15, 0.2) is 11.5 Å². The van der Waals surface area contributed by atoms with E-state index in [1.165, 1.54) is 0 Å². The Morgan fingerprint density at radius 1 is 1.67 bits per heavy atom. The molecule has 1 atom stereocenters. The minimum Gasteiger partial charge on any atom is -0.389 e. The van der Waals surface area contributed by atoms with Crippen molar-refractivity contribution in [2.24, 2.45) is 11.5 Å². The molecule has 1 aliphatic heterocycles. The highest BCUT2D eigenvalue weighted by Gasteiger charge is 2.30. The van der Waals surface area contributed by atoms with Crippen LogP contribution in [0.25, 0.3) is 0 Å². The van der Waals surface area contributed by atoms with Gasteiger partial charge in [0, 0.05) is 5.57 Å². The smallest absolute Gasteiger partial charge is 0.211 e. The predicted octanol–water partition coefficient (Wildman–Crippen LogP) is -0.614. The third-order valence-corrected chi connectivity index (χ3v) is 1.52. The van der Waals surface area contributed by atoms with Gasteiger partial charge in [0.2, 0.25) is 5.88 Å². The zero-order valence-corrected chi connectivity index (χ0v) is 5.56. The first kappa shape index (κ1) is 6.38. The quantitative estimate of drug-likeness (QED) is 0.408. The van der Waals surface area contributed by atoms with E-state index in [1.807, 2.05) is 6.92 Å². The number of nitrogens with two attached hydrogens (primary N) is 2. The van der Waals surface area contributed by atoms with Crippen LogP contribution < -0.4 is 16.9 Å². The van der Waals surface area contributed by atoms with Crippen molar-refractivity contribution in [3.05, 3.63) is 11.5 Å². The number of nitrogens with one attached hydrogen (secondary N) is 1. The lowest BCUT2D eigenvalue weighted by Crippen LogP contribution is -2.47. The van der Waals surface area contributed by atoms with Crippen LogP contribution >= 0.6 is 0 Å². The molecule has 52 valence electrons. The van der Waals surface area contributed by atoms with Gasteiger partial charge >= 0.3 is 0 Å². The van der Waals surface area contributed by atoms with Crippen LogP contribution in [0.3, 0.4) is 0 Å². The molecule has 0 aromatic rings. The molecule has 5 N–H and O–H groups in total. The SMILES string of the molecule is CC1=C(N)ONC1(C)N. The molecular formula is C5H11N3O. The fraction of sp³-hybridized carbons (Fsp3) is 0.600. The summed E-state index contributed by atoms with van der Waals surface area (Å²) in [5, 5.41) is 0. The molecule has 0 saturated heterocycles. The summed E-state index contributed by atoms with van der Waals surface area (Å²) in [4.78, 5) is 4.76. The fourth-order valence-electron chi connectivity index (χ4n) is 0.570. The third-order valence-electron chi connectivity index (χ3n) is 1.52. The van der Waals surface area contributed by atoms with Crippen molar-refractivity contribution in [2.45, 2.75) is 19.5 Å². The van der Waals surface area contributed by atoms with Crippen LogP contribution in [0.5, 0.6) is 0 Å².